The molecule has 0 atom stereocenters. The molecule has 1 amide bonds. The number of hydrogen-bond acceptors (Lipinski definition) is 5. The van der Waals surface area contributed by atoms with Gasteiger partial charge in [0.05, 0.1) is 23.7 Å². The van der Waals surface area contributed by atoms with Crippen LogP contribution in [0.4, 0.5) is 5.69 Å². The lowest BCUT2D eigenvalue weighted by Gasteiger charge is -2.06. The molecular weight excluding hydrogens is 308 g/mol. The van der Waals surface area contributed by atoms with E-state index in [4.69, 9.17) is 9.57 Å². The molecule has 7 nitrogen and oxygen atoms in total. The van der Waals surface area contributed by atoms with Gasteiger partial charge in [-0.2, -0.15) is 0 Å². The molecule has 0 unspecified atom stereocenters. The summed E-state index contributed by atoms with van der Waals surface area (Å²) in [5.41, 5.74) is 2.13. The van der Waals surface area contributed by atoms with E-state index in [0.717, 1.165) is 0 Å². The fraction of sp³-hybridized carbons (Fsp3) is 0.300. The molecule has 0 aromatic heterocycles. The van der Waals surface area contributed by atoms with Gasteiger partial charge < -0.3 is 4.74 Å². The van der Waals surface area contributed by atoms with Gasteiger partial charge in [0.2, 0.25) is 0 Å². The summed E-state index contributed by atoms with van der Waals surface area (Å²) in [4.78, 5) is 26.5. The van der Waals surface area contributed by atoms with Gasteiger partial charge >= 0.3 is 0 Å². The highest BCUT2D eigenvalue weighted by atomic mass is 79.9. The quantitative estimate of drug-likeness (QED) is 0.489. The van der Waals surface area contributed by atoms with Crippen LogP contribution in [0, 0.1) is 10.1 Å². The molecule has 0 aliphatic heterocycles. The molecule has 1 aromatic rings. The van der Waals surface area contributed by atoms with Crippen LogP contribution in [0.15, 0.2) is 22.7 Å². The summed E-state index contributed by atoms with van der Waals surface area (Å²) in [5, 5.41) is 10.6. The Kier molecular flexibility index (Phi) is 5.69. The SMILES string of the molecule is COCCONC(=O)c1cc([N+](=O)[O-])ccc1Br. The highest BCUT2D eigenvalue weighted by molar-refractivity contribution is 9.10. The van der Waals surface area contributed by atoms with Crippen LogP contribution in [0.25, 0.3) is 0 Å². The van der Waals surface area contributed by atoms with E-state index in [2.05, 4.69) is 21.4 Å². The van der Waals surface area contributed by atoms with Gasteiger partial charge in [0.25, 0.3) is 11.6 Å². The number of carbonyl (C=O) groups excluding carboxylic acids is 1. The van der Waals surface area contributed by atoms with Gasteiger partial charge in [-0.05, 0) is 22.0 Å². The molecule has 0 bridgehead atoms. The number of ether oxygens (including phenoxy) is 1. The van der Waals surface area contributed by atoms with E-state index in [1.54, 1.807) is 0 Å². The Bertz CT molecular complexity index is 452. The first-order valence-corrected chi connectivity index (χ1v) is 5.70. The maximum atomic E-state index is 11.7. The molecule has 0 radical (unpaired) electrons. The predicted octanol–water partition coefficient (Wildman–Crippen LogP) is 1.67. The van der Waals surface area contributed by atoms with Crippen molar-refractivity contribution in [3.05, 3.63) is 38.3 Å². The lowest BCUT2D eigenvalue weighted by molar-refractivity contribution is -0.384. The van der Waals surface area contributed by atoms with Gasteiger partial charge in [-0.1, -0.05) is 0 Å². The number of nitro groups is 1. The van der Waals surface area contributed by atoms with E-state index >= 15 is 0 Å². The van der Waals surface area contributed by atoms with Crippen molar-refractivity contribution in [3.63, 3.8) is 0 Å². The molecule has 1 rings (SSSR count). The summed E-state index contributed by atoms with van der Waals surface area (Å²) in [6.45, 7) is 0.519. The Morgan fingerprint density at radius 2 is 2.22 bits per heavy atom. The number of halogens is 1. The highest BCUT2D eigenvalue weighted by Crippen LogP contribution is 2.22. The van der Waals surface area contributed by atoms with E-state index < -0.39 is 10.8 Å². The Morgan fingerprint density at radius 1 is 1.50 bits per heavy atom. The van der Waals surface area contributed by atoms with Crippen molar-refractivity contribution < 1.29 is 19.3 Å². The van der Waals surface area contributed by atoms with Crippen LogP contribution >= 0.6 is 15.9 Å². The van der Waals surface area contributed by atoms with Crippen LogP contribution in [0.5, 0.6) is 0 Å². The zero-order valence-electron chi connectivity index (χ0n) is 9.51. The van der Waals surface area contributed by atoms with Crippen molar-refractivity contribution >= 4 is 27.5 Å². The first-order valence-electron chi connectivity index (χ1n) is 4.91. The number of nitrogens with zero attached hydrogens (tertiary/aromatic N) is 1. The van der Waals surface area contributed by atoms with Gasteiger partial charge in [0.1, 0.15) is 0 Å². The Hall–Kier alpha value is -1.51. The van der Waals surface area contributed by atoms with Crippen molar-refractivity contribution in [2.75, 3.05) is 20.3 Å². The van der Waals surface area contributed by atoms with E-state index in [9.17, 15) is 14.9 Å². The normalized spacial score (nSPS) is 10.1. The summed E-state index contributed by atoms with van der Waals surface area (Å²) in [5.74, 6) is -0.568. The average molecular weight is 319 g/mol. The van der Waals surface area contributed by atoms with Crippen molar-refractivity contribution in [1.82, 2.24) is 5.48 Å². The smallest absolute Gasteiger partial charge is 0.276 e. The van der Waals surface area contributed by atoms with Crippen molar-refractivity contribution in [3.8, 4) is 0 Å². The number of benzene rings is 1. The Balaban J connectivity index is 2.72. The van der Waals surface area contributed by atoms with Gasteiger partial charge in [0, 0.05) is 23.7 Å². The molecule has 18 heavy (non-hydrogen) atoms. The molecule has 0 saturated heterocycles. The van der Waals surface area contributed by atoms with Crippen molar-refractivity contribution in [2.45, 2.75) is 0 Å². The van der Waals surface area contributed by atoms with E-state index in [0.29, 0.717) is 11.1 Å². The third-order valence-corrected chi connectivity index (χ3v) is 2.65. The van der Waals surface area contributed by atoms with Crippen LogP contribution in [-0.2, 0) is 9.57 Å². The van der Waals surface area contributed by atoms with Crippen molar-refractivity contribution in [1.29, 1.82) is 0 Å². The molecule has 0 aliphatic carbocycles. The number of rotatable bonds is 6. The Morgan fingerprint density at radius 3 is 2.83 bits per heavy atom. The number of carbonyl (C=O) groups is 1. The van der Waals surface area contributed by atoms with Gasteiger partial charge in [-0.3, -0.25) is 19.7 Å². The Labute approximate surface area is 111 Å². The minimum atomic E-state index is -0.574. The minimum absolute atomic E-state index is 0.126. The number of hydroxylamine groups is 1. The molecule has 0 spiro atoms. The second-order valence-corrected chi connectivity index (χ2v) is 4.05. The summed E-state index contributed by atoms with van der Waals surface area (Å²) < 4.78 is 5.17. The molecule has 98 valence electrons. The lowest BCUT2D eigenvalue weighted by Crippen LogP contribution is -2.25. The molecule has 8 heteroatoms. The van der Waals surface area contributed by atoms with Gasteiger partial charge in [0.15, 0.2) is 0 Å². The van der Waals surface area contributed by atoms with Crippen LogP contribution < -0.4 is 5.48 Å². The molecule has 1 aromatic carbocycles. The number of methoxy groups -OCH3 is 1. The summed E-state index contributed by atoms with van der Waals surface area (Å²) in [6, 6.07) is 3.90. The number of nitro benzene ring substituents is 1. The van der Waals surface area contributed by atoms with Gasteiger partial charge in [-0.15, -0.1) is 0 Å². The second-order valence-electron chi connectivity index (χ2n) is 3.19. The van der Waals surface area contributed by atoms with Crippen LogP contribution in [0.3, 0.4) is 0 Å². The zero-order chi connectivity index (χ0) is 13.5. The third-order valence-electron chi connectivity index (χ3n) is 1.96. The minimum Gasteiger partial charge on any atom is -0.382 e. The number of hydrogen-bond donors (Lipinski definition) is 1. The number of nitrogens with one attached hydrogen (secondary N) is 1. The molecule has 1 N–H and O–H groups in total. The van der Waals surface area contributed by atoms with Crippen LogP contribution in [-0.4, -0.2) is 31.2 Å². The maximum absolute atomic E-state index is 11.7. The first kappa shape index (κ1) is 14.6. The lowest BCUT2D eigenvalue weighted by atomic mass is 10.2. The van der Waals surface area contributed by atoms with E-state index in [-0.39, 0.29) is 17.9 Å². The molecule has 0 aliphatic rings. The zero-order valence-corrected chi connectivity index (χ0v) is 11.1. The van der Waals surface area contributed by atoms with Gasteiger partial charge in [-0.25, -0.2) is 5.48 Å². The monoisotopic (exact) mass is 318 g/mol. The fourth-order valence-corrected chi connectivity index (χ4v) is 1.52. The third kappa shape index (κ3) is 4.06. The summed E-state index contributed by atoms with van der Waals surface area (Å²) in [7, 11) is 1.50. The molecule has 0 saturated carbocycles. The van der Waals surface area contributed by atoms with Crippen LogP contribution in [0.2, 0.25) is 0 Å². The van der Waals surface area contributed by atoms with E-state index in [1.807, 2.05) is 0 Å². The van der Waals surface area contributed by atoms with Crippen molar-refractivity contribution in [2.24, 2.45) is 0 Å². The first-order chi connectivity index (χ1) is 8.56. The standard InChI is InChI=1S/C10H11BrN2O5/c1-17-4-5-18-12-10(14)8-6-7(13(15)16)2-3-9(8)11/h2-3,6H,4-5H2,1H3,(H,12,14). The van der Waals surface area contributed by atoms with Crippen LogP contribution in [0.1, 0.15) is 10.4 Å². The highest BCUT2D eigenvalue weighted by Gasteiger charge is 2.15. The topological polar surface area (TPSA) is 90.7 Å². The fourth-order valence-electron chi connectivity index (χ4n) is 1.10. The molecule has 0 fully saturated rings. The largest absolute Gasteiger partial charge is 0.382 e. The second kappa shape index (κ2) is 7.04. The average Bonchev–Trinajstić information content (AvgIpc) is 2.34. The summed E-state index contributed by atoms with van der Waals surface area (Å²) >= 11 is 3.14. The van der Waals surface area contributed by atoms with E-state index in [1.165, 1.54) is 25.3 Å². The number of amides is 1. The molecule has 0 heterocycles. The molecular formula is C10H11BrN2O5. The number of non-ortho nitro benzene ring substituents is 1. The predicted molar refractivity (Wildman–Crippen MR) is 66.1 cm³/mol. The maximum Gasteiger partial charge on any atom is 0.276 e. The summed E-state index contributed by atoms with van der Waals surface area (Å²) in [6.07, 6.45) is 0.